The minimum absolute atomic E-state index is 0.214. The maximum atomic E-state index is 12.7. The highest BCUT2D eigenvalue weighted by Gasteiger charge is 2.29. The van der Waals surface area contributed by atoms with Crippen molar-refractivity contribution >= 4 is 22.0 Å². The summed E-state index contributed by atoms with van der Waals surface area (Å²) in [4.78, 5) is 19.9. The molecule has 2 aromatic rings. The van der Waals surface area contributed by atoms with Crippen LogP contribution in [0.4, 0.5) is 0 Å². The molecule has 8 heteroatoms. The predicted octanol–water partition coefficient (Wildman–Crippen LogP) is 2.51. The average Bonchev–Trinajstić information content (AvgIpc) is 3.16. The van der Waals surface area contributed by atoms with Gasteiger partial charge in [-0.1, -0.05) is 19.1 Å². The quantitative estimate of drug-likeness (QED) is 0.676. The molecule has 1 saturated heterocycles. The molecule has 2 heterocycles. The van der Waals surface area contributed by atoms with E-state index < -0.39 is 9.84 Å². The molecular weight excluding hydrogens is 390 g/mol. The second kappa shape index (κ2) is 9.37. The van der Waals surface area contributed by atoms with Crippen LogP contribution in [0.1, 0.15) is 47.1 Å². The first kappa shape index (κ1) is 21.3. The molecule has 1 aliphatic rings. The Hall–Kier alpha value is -2.45. The third-order valence-electron chi connectivity index (χ3n) is 5.11. The van der Waals surface area contributed by atoms with Gasteiger partial charge in [-0.15, -0.1) is 0 Å². The number of nitrogens with zero attached hydrogens (tertiary/aromatic N) is 1. The highest BCUT2D eigenvalue weighted by molar-refractivity contribution is 7.92. The zero-order valence-corrected chi connectivity index (χ0v) is 17.6. The van der Waals surface area contributed by atoms with Crippen molar-refractivity contribution in [3.05, 3.63) is 52.8 Å². The van der Waals surface area contributed by atoms with Gasteiger partial charge < -0.3 is 15.0 Å². The van der Waals surface area contributed by atoms with Crippen molar-refractivity contribution in [3.63, 3.8) is 0 Å². The van der Waals surface area contributed by atoms with Gasteiger partial charge in [0.25, 0.3) is 5.91 Å². The van der Waals surface area contributed by atoms with E-state index in [9.17, 15) is 13.2 Å². The fourth-order valence-corrected chi connectivity index (χ4v) is 5.15. The molecule has 29 heavy (non-hydrogen) atoms. The Bertz CT molecular complexity index is 972. The molecule has 0 spiro atoms. The average molecular weight is 418 g/mol. The van der Waals surface area contributed by atoms with Gasteiger partial charge >= 0.3 is 0 Å². The van der Waals surface area contributed by atoms with E-state index in [0.29, 0.717) is 43.2 Å². The lowest BCUT2D eigenvalue weighted by Gasteiger charge is -2.22. The van der Waals surface area contributed by atoms with Gasteiger partial charge in [0.05, 0.1) is 10.1 Å². The smallest absolute Gasteiger partial charge is 0.267 e. The topological polar surface area (TPSA) is 101 Å². The fourth-order valence-electron chi connectivity index (χ4n) is 3.44. The van der Waals surface area contributed by atoms with Crippen molar-refractivity contribution in [1.82, 2.24) is 10.3 Å². The minimum Gasteiger partial charge on any atom is -0.381 e. The molecule has 3 rings (SSSR count). The summed E-state index contributed by atoms with van der Waals surface area (Å²) >= 11 is 0. The number of ether oxygens (including phenoxy) is 1. The summed E-state index contributed by atoms with van der Waals surface area (Å²) in [5, 5.41) is 2.48. The van der Waals surface area contributed by atoms with Gasteiger partial charge in [-0.2, -0.15) is 0 Å². The van der Waals surface area contributed by atoms with Gasteiger partial charge in [-0.3, -0.25) is 9.79 Å². The van der Waals surface area contributed by atoms with E-state index in [1.165, 1.54) is 0 Å². The zero-order chi connectivity index (χ0) is 20.9. The van der Waals surface area contributed by atoms with Crippen LogP contribution in [0.15, 0.2) is 40.2 Å². The lowest BCUT2D eigenvalue weighted by molar-refractivity contribution is 0.0946. The van der Waals surface area contributed by atoms with Crippen LogP contribution in [-0.2, 0) is 27.5 Å². The summed E-state index contributed by atoms with van der Waals surface area (Å²) in [6.45, 7) is 3.29. The predicted molar refractivity (Wildman–Crippen MR) is 112 cm³/mol. The molecule has 0 bridgehead atoms. The minimum atomic E-state index is -3.35. The largest absolute Gasteiger partial charge is 0.381 e. The number of aromatic nitrogens is 1. The van der Waals surface area contributed by atoms with Crippen molar-refractivity contribution in [3.8, 4) is 0 Å². The van der Waals surface area contributed by atoms with E-state index in [-0.39, 0.29) is 11.2 Å². The maximum Gasteiger partial charge on any atom is 0.267 e. The molecule has 1 aliphatic heterocycles. The molecule has 156 valence electrons. The van der Waals surface area contributed by atoms with E-state index in [2.05, 4.69) is 15.3 Å². The number of carbonyl (C=O) groups is 1. The number of nitrogens with one attached hydrogen (secondary N) is 2. The van der Waals surface area contributed by atoms with Crippen molar-refractivity contribution in [2.75, 3.05) is 20.3 Å². The first-order valence-corrected chi connectivity index (χ1v) is 11.3. The number of rotatable bonds is 7. The number of H-pyrrole nitrogens is 1. The Morgan fingerprint density at radius 3 is 2.59 bits per heavy atom. The van der Waals surface area contributed by atoms with Gasteiger partial charge in [0.1, 0.15) is 5.69 Å². The second-order valence-electron chi connectivity index (χ2n) is 7.04. The van der Waals surface area contributed by atoms with E-state index in [0.717, 1.165) is 23.2 Å². The maximum absolute atomic E-state index is 12.7. The fraction of sp³-hybridized carbons (Fsp3) is 0.429. The molecular formula is C21H27N3O4S. The highest BCUT2D eigenvalue weighted by atomic mass is 32.2. The summed E-state index contributed by atoms with van der Waals surface area (Å²) < 4.78 is 30.7. The third kappa shape index (κ3) is 4.94. The molecule has 0 atom stereocenters. The Kier molecular flexibility index (Phi) is 6.87. The molecule has 0 saturated carbocycles. The van der Waals surface area contributed by atoms with E-state index >= 15 is 0 Å². The molecule has 0 radical (unpaired) electrons. The monoisotopic (exact) mass is 417 g/mol. The lowest BCUT2D eigenvalue weighted by atomic mass is 10.2. The Morgan fingerprint density at radius 1 is 1.28 bits per heavy atom. The first-order valence-electron chi connectivity index (χ1n) is 9.78. The highest BCUT2D eigenvalue weighted by Crippen LogP contribution is 2.24. The van der Waals surface area contributed by atoms with Crippen LogP contribution in [0.5, 0.6) is 0 Å². The van der Waals surface area contributed by atoms with Crippen molar-refractivity contribution in [1.29, 1.82) is 0 Å². The van der Waals surface area contributed by atoms with Gasteiger partial charge in [0, 0.05) is 44.3 Å². The van der Waals surface area contributed by atoms with Crippen LogP contribution in [0.25, 0.3) is 0 Å². The molecule has 1 fully saturated rings. The Balaban J connectivity index is 1.63. The zero-order valence-electron chi connectivity index (χ0n) is 16.8. The van der Waals surface area contributed by atoms with Crippen LogP contribution in [0, 0.1) is 0 Å². The molecule has 0 aliphatic carbocycles. The molecule has 1 amide bonds. The molecule has 1 aromatic carbocycles. The number of aryl methyl sites for hydroxylation is 1. The molecule has 0 unspecified atom stereocenters. The van der Waals surface area contributed by atoms with Crippen LogP contribution < -0.4 is 5.32 Å². The van der Waals surface area contributed by atoms with Crippen LogP contribution >= 0.6 is 0 Å². The number of carbonyl (C=O) groups excluding carboxylic acids is 1. The lowest BCUT2D eigenvalue weighted by Crippen LogP contribution is -2.29. The summed E-state index contributed by atoms with van der Waals surface area (Å²) in [5.74, 6) is -0.214. The Labute approximate surface area is 171 Å². The van der Waals surface area contributed by atoms with Gasteiger partial charge in [0.2, 0.25) is 0 Å². The molecule has 1 aromatic heterocycles. The van der Waals surface area contributed by atoms with Gasteiger partial charge in [-0.25, -0.2) is 8.42 Å². The van der Waals surface area contributed by atoms with Crippen LogP contribution in [0.2, 0.25) is 0 Å². The molecule has 7 nitrogen and oxygen atoms in total. The van der Waals surface area contributed by atoms with E-state index in [1.807, 2.05) is 6.92 Å². The van der Waals surface area contributed by atoms with Crippen molar-refractivity contribution < 1.29 is 17.9 Å². The summed E-state index contributed by atoms with van der Waals surface area (Å²) in [5.41, 5.74) is 3.18. The van der Waals surface area contributed by atoms with Crippen LogP contribution in [0.3, 0.4) is 0 Å². The Morgan fingerprint density at radius 2 is 1.97 bits per heavy atom. The number of amides is 1. The third-order valence-corrected chi connectivity index (χ3v) is 7.39. The van der Waals surface area contributed by atoms with E-state index in [1.54, 1.807) is 43.6 Å². The number of hydrogen-bond donors (Lipinski definition) is 2. The summed E-state index contributed by atoms with van der Waals surface area (Å²) in [7, 11) is -1.66. The van der Waals surface area contributed by atoms with Crippen molar-refractivity contribution in [2.45, 2.75) is 42.9 Å². The number of aliphatic imine (C=N–C) groups is 1. The van der Waals surface area contributed by atoms with Crippen molar-refractivity contribution in [2.24, 2.45) is 4.99 Å². The standard InChI is InChI=1S/C21H27N3O4S/c1-3-19-16(14-22-2)12-20(24-19)21(25)23-13-15-4-6-17(7-5-15)29(26,27)18-8-10-28-11-9-18/h4-7,12,14,18,24H,3,8-11,13H2,1-2H3,(H,23,25). The van der Waals surface area contributed by atoms with E-state index in [4.69, 9.17) is 4.74 Å². The van der Waals surface area contributed by atoms with Crippen LogP contribution in [-0.4, -0.2) is 51.0 Å². The second-order valence-corrected chi connectivity index (χ2v) is 9.27. The van der Waals surface area contributed by atoms with Gasteiger partial charge in [-0.05, 0) is 43.0 Å². The number of sulfone groups is 1. The normalized spacial score (nSPS) is 15.7. The summed E-state index contributed by atoms with van der Waals surface area (Å²) in [6, 6.07) is 8.50. The first-order chi connectivity index (χ1) is 14.0. The molecule has 2 N–H and O–H groups in total. The van der Waals surface area contributed by atoms with Gasteiger partial charge in [0.15, 0.2) is 9.84 Å². The number of benzene rings is 1. The number of aromatic amines is 1. The summed E-state index contributed by atoms with van der Waals surface area (Å²) in [6.07, 6.45) is 3.56. The SMILES string of the molecule is CCc1[nH]c(C(=O)NCc2ccc(S(=O)(=O)C3CCOCC3)cc2)cc1C=NC. The number of hydrogen-bond acceptors (Lipinski definition) is 5.